The molecule has 1 amide bonds. The molecular weight excluding hydrogens is 532 g/mol. The zero-order valence-electron chi connectivity index (χ0n) is 22.2. The third kappa shape index (κ3) is 6.51. The number of carbonyl (C=O) groups is 1. The summed E-state index contributed by atoms with van der Waals surface area (Å²) < 4.78 is 44.0. The molecular formula is C30H29F2N5O4. The van der Waals surface area contributed by atoms with E-state index in [-0.39, 0.29) is 23.7 Å². The van der Waals surface area contributed by atoms with Crippen LogP contribution in [0.25, 0.3) is 0 Å². The molecule has 212 valence electrons. The van der Waals surface area contributed by atoms with Gasteiger partial charge < -0.3 is 24.5 Å². The molecule has 0 bridgehead atoms. The first-order chi connectivity index (χ1) is 19.9. The minimum absolute atomic E-state index is 0.108. The number of nitrogens with one attached hydrogen (secondary N) is 2. The lowest BCUT2D eigenvalue weighted by molar-refractivity contribution is -0.112. The first-order valence-electron chi connectivity index (χ1n) is 13.6. The maximum atomic E-state index is 13.4. The van der Waals surface area contributed by atoms with Crippen LogP contribution in [0.4, 0.5) is 26.2 Å². The second-order valence-corrected chi connectivity index (χ2v) is 10.6. The third-order valence-corrected chi connectivity index (χ3v) is 7.71. The number of ether oxygens (including phenoxy) is 2. The first kappa shape index (κ1) is 26.8. The van der Waals surface area contributed by atoms with Gasteiger partial charge in [-0.2, -0.15) is 0 Å². The van der Waals surface area contributed by atoms with Crippen LogP contribution >= 0.6 is 0 Å². The van der Waals surface area contributed by atoms with Crippen molar-refractivity contribution in [1.82, 2.24) is 15.2 Å². The zero-order chi connectivity index (χ0) is 28.2. The Kier molecular flexibility index (Phi) is 7.60. The van der Waals surface area contributed by atoms with E-state index in [0.717, 1.165) is 50.7 Å². The number of pyridine rings is 1. The molecule has 0 atom stereocenters. The Bertz CT molecular complexity index is 1480. The average molecular weight is 562 g/mol. The van der Waals surface area contributed by atoms with Crippen LogP contribution in [0.3, 0.4) is 0 Å². The Morgan fingerprint density at radius 1 is 0.951 bits per heavy atom. The van der Waals surface area contributed by atoms with E-state index in [4.69, 9.17) is 13.9 Å². The monoisotopic (exact) mass is 561 g/mol. The van der Waals surface area contributed by atoms with Crippen LogP contribution < -0.4 is 15.4 Å². The van der Waals surface area contributed by atoms with E-state index in [2.05, 4.69) is 37.9 Å². The van der Waals surface area contributed by atoms with Gasteiger partial charge in [0, 0.05) is 17.8 Å². The number of hydrogen-bond donors (Lipinski definition) is 2. The average Bonchev–Trinajstić information content (AvgIpc) is 3.44. The van der Waals surface area contributed by atoms with Crippen molar-refractivity contribution < 1.29 is 27.5 Å². The summed E-state index contributed by atoms with van der Waals surface area (Å²) in [4.78, 5) is 16.8. The maximum absolute atomic E-state index is 13.4. The number of carbonyl (C=O) groups excluding carboxylic acids is 1. The van der Waals surface area contributed by atoms with Crippen molar-refractivity contribution in [3.63, 3.8) is 0 Å². The molecule has 2 saturated carbocycles. The summed E-state index contributed by atoms with van der Waals surface area (Å²) in [5.74, 6) is -2.47. The number of aromatic nitrogens is 3. The summed E-state index contributed by atoms with van der Waals surface area (Å²) in [6, 6.07) is 16.7. The van der Waals surface area contributed by atoms with E-state index >= 15 is 0 Å². The number of anilines is 3. The molecule has 2 heterocycles. The molecule has 2 fully saturated rings. The number of amides is 1. The highest BCUT2D eigenvalue weighted by Gasteiger charge is 2.47. The van der Waals surface area contributed by atoms with Crippen LogP contribution in [0.5, 0.6) is 5.88 Å². The van der Waals surface area contributed by atoms with Crippen LogP contribution in [-0.4, -0.2) is 33.3 Å². The van der Waals surface area contributed by atoms with Crippen molar-refractivity contribution in [3.05, 3.63) is 89.9 Å². The molecule has 0 radical (unpaired) electrons. The van der Waals surface area contributed by atoms with Gasteiger partial charge in [-0.15, -0.1) is 5.10 Å². The van der Waals surface area contributed by atoms with Crippen LogP contribution in [0.1, 0.15) is 54.8 Å². The molecule has 2 aromatic heterocycles. The molecule has 2 aromatic carbocycles. The highest BCUT2D eigenvalue weighted by atomic mass is 19.2. The number of hydrogen-bond acceptors (Lipinski definition) is 8. The van der Waals surface area contributed by atoms with Gasteiger partial charge in [-0.25, -0.2) is 13.8 Å². The van der Waals surface area contributed by atoms with E-state index in [9.17, 15) is 13.6 Å². The molecule has 11 heteroatoms. The molecule has 2 N–H and O–H groups in total. The molecule has 9 nitrogen and oxygen atoms in total. The van der Waals surface area contributed by atoms with Crippen LogP contribution in [0, 0.1) is 17.0 Å². The zero-order valence-corrected chi connectivity index (χ0v) is 22.2. The fourth-order valence-corrected chi connectivity index (χ4v) is 5.48. The Labute approximate surface area is 235 Å². The number of halogens is 2. The quantitative estimate of drug-likeness (QED) is 0.241. The van der Waals surface area contributed by atoms with Crippen molar-refractivity contribution in [3.8, 4) is 5.88 Å². The van der Waals surface area contributed by atoms with Crippen molar-refractivity contribution in [2.45, 2.75) is 57.3 Å². The normalized spacial score (nSPS) is 21.7. The van der Waals surface area contributed by atoms with Gasteiger partial charge in [0.25, 0.3) is 0 Å². The molecule has 0 saturated heterocycles. The van der Waals surface area contributed by atoms with E-state index in [1.54, 1.807) is 12.1 Å². The molecule has 0 unspecified atom stereocenters. The first-order valence-corrected chi connectivity index (χ1v) is 13.6. The molecule has 2 aliphatic rings. The number of rotatable bonds is 9. The lowest BCUT2D eigenvalue weighted by atomic mass is 9.59. The Balaban J connectivity index is 0.933. The lowest BCUT2D eigenvalue weighted by Gasteiger charge is -2.51. The predicted octanol–water partition coefficient (Wildman–Crippen LogP) is 6.43. The van der Waals surface area contributed by atoms with Gasteiger partial charge >= 0.3 is 17.8 Å². The Morgan fingerprint density at radius 2 is 1.73 bits per heavy atom. The van der Waals surface area contributed by atoms with Crippen LogP contribution in [-0.2, 0) is 11.3 Å². The summed E-state index contributed by atoms with van der Waals surface area (Å²) in [5, 5.41) is 12.6. The van der Waals surface area contributed by atoms with Crippen molar-refractivity contribution in [1.29, 1.82) is 0 Å². The Morgan fingerprint density at radius 3 is 2.46 bits per heavy atom. The summed E-state index contributed by atoms with van der Waals surface area (Å²) >= 11 is 0. The predicted molar refractivity (Wildman–Crippen MR) is 146 cm³/mol. The van der Waals surface area contributed by atoms with Gasteiger partial charge in [0.2, 0.25) is 5.88 Å². The van der Waals surface area contributed by atoms with Gasteiger partial charge in [-0.3, -0.25) is 4.79 Å². The van der Waals surface area contributed by atoms with Crippen molar-refractivity contribution >= 4 is 23.3 Å². The summed E-state index contributed by atoms with van der Waals surface area (Å²) in [6.45, 7) is 0.669. The third-order valence-electron chi connectivity index (χ3n) is 7.71. The van der Waals surface area contributed by atoms with E-state index < -0.39 is 17.5 Å². The fraction of sp³-hybridized carbons (Fsp3) is 0.333. The van der Waals surface area contributed by atoms with Crippen molar-refractivity contribution in [2.24, 2.45) is 5.41 Å². The molecule has 1 spiro atoms. The molecule has 41 heavy (non-hydrogen) atoms. The van der Waals surface area contributed by atoms with E-state index in [1.807, 2.05) is 18.2 Å². The second kappa shape index (κ2) is 11.6. The second-order valence-electron chi connectivity index (χ2n) is 10.6. The van der Waals surface area contributed by atoms with E-state index in [1.165, 1.54) is 17.8 Å². The van der Waals surface area contributed by atoms with Crippen LogP contribution in [0.15, 0.2) is 71.3 Å². The van der Waals surface area contributed by atoms with Gasteiger partial charge in [0.1, 0.15) is 6.10 Å². The molecule has 2 aliphatic carbocycles. The summed E-state index contributed by atoms with van der Waals surface area (Å²) in [6.07, 6.45) is 8.36. The number of nitrogens with zero attached hydrogens (tertiary/aromatic N) is 3. The highest BCUT2D eigenvalue weighted by Crippen LogP contribution is 2.53. The minimum atomic E-state index is -1.03. The standard InChI is InChI=1S/C30H29F2N5O4/c31-24-8-6-20(14-25(24)32)35-29-37-36-28(41-29)27(38)34-21-7-9-26(33-17-21)40-22-10-12-30(13-11-22)15-23(16-30)39-18-19-4-2-1-3-5-19/h1-9,14,17,22-23H,10-13,15-16,18H2,(H,34,38)(H,35,37). The lowest BCUT2D eigenvalue weighted by Crippen LogP contribution is -2.46. The van der Waals surface area contributed by atoms with E-state index in [0.29, 0.717) is 29.7 Å². The maximum Gasteiger partial charge on any atom is 0.320 e. The summed E-state index contributed by atoms with van der Waals surface area (Å²) in [5.41, 5.74) is 2.20. The van der Waals surface area contributed by atoms with Gasteiger partial charge in [-0.1, -0.05) is 35.4 Å². The van der Waals surface area contributed by atoms with Gasteiger partial charge in [-0.05, 0) is 67.7 Å². The topological polar surface area (TPSA) is 111 Å². The largest absolute Gasteiger partial charge is 0.474 e. The molecule has 6 rings (SSSR count). The van der Waals surface area contributed by atoms with Crippen molar-refractivity contribution in [2.75, 3.05) is 10.6 Å². The van der Waals surface area contributed by atoms with Gasteiger partial charge in [0.05, 0.1) is 24.6 Å². The van der Waals surface area contributed by atoms with Crippen LogP contribution in [0.2, 0.25) is 0 Å². The molecule has 0 aliphatic heterocycles. The fourth-order valence-electron chi connectivity index (χ4n) is 5.48. The highest BCUT2D eigenvalue weighted by molar-refractivity contribution is 6.00. The molecule has 4 aromatic rings. The smallest absolute Gasteiger partial charge is 0.320 e. The Hall–Kier alpha value is -4.38. The minimum Gasteiger partial charge on any atom is -0.474 e. The SMILES string of the molecule is O=C(Nc1ccc(OC2CCC3(CC2)CC(OCc2ccccc2)C3)nc1)c1nnc(Nc2ccc(F)c(F)c2)o1. The van der Waals surface area contributed by atoms with Gasteiger partial charge in [0.15, 0.2) is 11.6 Å². The number of benzene rings is 2. The summed E-state index contributed by atoms with van der Waals surface area (Å²) in [7, 11) is 0.